The molecule has 0 unspecified atom stereocenters. The van der Waals surface area contributed by atoms with Crippen LogP contribution in [0.3, 0.4) is 0 Å². The second-order valence-corrected chi connectivity index (χ2v) is 4.34. The number of benzene rings is 1. The van der Waals surface area contributed by atoms with Crippen molar-refractivity contribution >= 4 is 17.5 Å². The summed E-state index contributed by atoms with van der Waals surface area (Å²) < 4.78 is 5.24. The topological polar surface area (TPSA) is 64.3 Å². The van der Waals surface area contributed by atoms with E-state index in [1.807, 2.05) is 0 Å². The number of amides is 1. The predicted octanol–water partition coefficient (Wildman–Crippen LogP) is 1.37. The molecule has 1 aromatic rings. The third kappa shape index (κ3) is 1.64. The first kappa shape index (κ1) is 11.2. The van der Waals surface area contributed by atoms with Gasteiger partial charge in [-0.15, -0.1) is 0 Å². The predicted molar refractivity (Wildman–Crippen MR) is 61.2 cm³/mol. The van der Waals surface area contributed by atoms with Crippen molar-refractivity contribution in [3.8, 4) is 5.75 Å². The van der Waals surface area contributed by atoms with Crippen molar-refractivity contribution in [2.75, 3.05) is 7.11 Å². The zero-order chi connectivity index (χ0) is 11.8. The summed E-state index contributed by atoms with van der Waals surface area (Å²) in [5.41, 5.74) is 2.46. The fourth-order valence-electron chi connectivity index (χ4n) is 1.94. The number of hydrazine groups is 1. The first-order valence-electron chi connectivity index (χ1n) is 4.99. The van der Waals surface area contributed by atoms with Crippen LogP contribution in [0.15, 0.2) is 18.2 Å². The summed E-state index contributed by atoms with van der Waals surface area (Å²) in [5.74, 6) is 5.68. The largest absolute Gasteiger partial charge is 0.496 e. The van der Waals surface area contributed by atoms with Crippen molar-refractivity contribution in [2.45, 2.75) is 18.3 Å². The smallest absolute Gasteiger partial charge is 0.244 e. The molecule has 0 saturated heterocycles. The van der Waals surface area contributed by atoms with Gasteiger partial charge in [0.2, 0.25) is 5.91 Å². The Morgan fingerprint density at radius 1 is 1.56 bits per heavy atom. The molecule has 0 aromatic heterocycles. The summed E-state index contributed by atoms with van der Waals surface area (Å²) in [7, 11) is 1.57. The van der Waals surface area contributed by atoms with E-state index in [4.69, 9.17) is 22.2 Å². The van der Waals surface area contributed by atoms with Gasteiger partial charge in [-0.05, 0) is 31.0 Å². The Kier molecular flexibility index (Phi) is 2.78. The van der Waals surface area contributed by atoms with Gasteiger partial charge in [0.05, 0.1) is 12.5 Å². The van der Waals surface area contributed by atoms with Gasteiger partial charge in [-0.1, -0.05) is 11.6 Å². The summed E-state index contributed by atoms with van der Waals surface area (Å²) in [6.07, 6.45) is 1.54. The van der Waals surface area contributed by atoms with Gasteiger partial charge in [0.1, 0.15) is 5.75 Å². The number of nitrogens with two attached hydrogens (primary N) is 1. The van der Waals surface area contributed by atoms with E-state index in [0.717, 1.165) is 18.4 Å². The van der Waals surface area contributed by atoms with Crippen LogP contribution < -0.4 is 16.0 Å². The van der Waals surface area contributed by atoms with Crippen LogP contribution in [0.2, 0.25) is 5.02 Å². The fraction of sp³-hybridized carbons (Fsp3) is 0.364. The molecule has 1 aliphatic carbocycles. The minimum absolute atomic E-state index is 0.187. The zero-order valence-corrected chi connectivity index (χ0v) is 9.67. The Balaban J connectivity index is 2.47. The van der Waals surface area contributed by atoms with Crippen molar-refractivity contribution in [1.82, 2.24) is 5.43 Å². The Labute approximate surface area is 98.7 Å². The fourth-order valence-corrected chi connectivity index (χ4v) is 2.11. The Morgan fingerprint density at radius 3 is 2.75 bits per heavy atom. The Morgan fingerprint density at radius 2 is 2.25 bits per heavy atom. The second kappa shape index (κ2) is 3.96. The average molecular weight is 241 g/mol. The Hall–Kier alpha value is -1.26. The van der Waals surface area contributed by atoms with E-state index in [-0.39, 0.29) is 5.91 Å². The number of methoxy groups -OCH3 is 1. The molecule has 5 heteroatoms. The first-order valence-corrected chi connectivity index (χ1v) is 5.37. The lowest BCUT2D eigenvalue weighted by atomic mass is 9.94. The van der Waals surface area contributed by atoms with Crippen LogP contribution in [0.25, 0.3) is 0 Å². The monoisotopic (exact) mass is 240 g/mol. The maximum atomic E-state index is 11.7. The highest BCUT2D eigenvalue weighted by Gasteiger charge is 2.52. The lowest BCUT2D eigenvalue weighted by Gasteiger charge is -2.17. The van der Waals surface area contributed by atoms with Gasteiger partial charge < -0.3 is 4.74 Å². The first-order chi connectivity index (χ1) is 7.64. The molecule has 86 valence electrons. The van der Waals surface area contributed by atoms with Gasteiger partial charge in [0, 0.05) is 10.6 Å². The van der Waals surface area contributed by atoms with Crippen LogP contribution in [-0.4, -0.2) is 13.0 Å². The van der Waals surface area contributed by atoms with Gasteiger partial charge in [0.15, 0.2) is 0 Å². The van der Waals surface area contributed by atoms with Crippen molar-refractivity contribution in [3.05, 3.63) is 28.8 Å². The van der Waals surface area contributed by atoms with E-state index in [1.54, 1.807) is 25.3 Å². The summed E-state index contributed by atoms with van der Waals surface area (Å²) in [6, 6.07) is 5.27. The van der Waals surface area contributed by atoms with Gasteiger partial charge in [0.25, 0.3) is 0 Å². The molecule has 0 atom stereocenters. The lowest BCUT2D eigenvalue weighted by Crippen LogP contribution is -2.39. The maximum Gasteiger partial charge on any atom is 0.244 e. The van der Waals surface area contributed by atoms with E-state index in [1.165, 1.54) is 0 Å². The number of hydrogen-bond acceptors (Lipinski definition) is 3. The summed E-state index contributed by atoms with van der Waals surface area (Å²) in [5, 5.41) is 0.590. The average Bonchev–Trinajstić information content (AvgIpc) is 3.09. The summed E-state index contributed by atoms with van der Waals surface area (Å²) in [4.78, 5) is 11.7. The highest BCUT2D eigenvalue weighted by atomic mass is 35.5. The molecule has 4 nitrogen and oxygen atoms in total. The third-order valence-electron chi connectivity index (χ3n) is 2.99. The van der Waals surface area contributed by atoms with Gasteiger partial charge >= 0.3 is 0 Å². The molecule has 1 amide bonds. The quantitative estimate of drug-likeness (QED) is 0.477. The Bertz CT molecular complexity index is 430. The van der Waals surface area contributed by atoms with Crippen molar-refractivity contribution in [1.29, 1.82) is 0 Å². The van der Waals surface area contributed by atoms with Crippen LogP contribution in [0.4, 0.5) is 0 Å². The van der Waals surface area contributed by atoms with E-state index >= 15 is 0 Å². The van der Waals surface area contributed by atoms with E-state index in [2.05, 4.69) is 5.43 Å². The van der Waals surface area contributed by atoms with Gasteiger partial charge in [-0.25, -0.2) is 5.84 Å². The SMILES string of the molecule is COc1ccc(Cl)cc1C1(C(=O)NN)CC1. The molecule has 0 heterocycles. The van der Waals surface area contributed by atoms with E-state index in [9.17, 15) is 4.79 Å². The van der Waals surface area contributed by atoms with Crippen LogP contribution >= 0.6 is 11.6 Å². The van der Waals surface area contributed by atoms with Gasteiger partial charge in [-0.3, -0.25) is 10.2 Å². The van der Waals surface area contributed by atoms with Gasteiger partial charge in [-0.2, -0.15) is 0 Å². The summed E-state index contributed by atoms with van der Waals surface area (Å²) >= 11 is 5.94. The normalized spacial score (nSPS) is 16.7. The van der Waals surface area contributed by atoms with E-state index in [0.29, 0.717) is 10.8 Å². The number of carbonyl (C=O) groups is 1. The molecule has 0 bridgehead atoms. The molecular formula is C11H13ClN2O2. The van der Waals surface area contributed by atoms with Crippen LogP contribution in [0, 0.1) is 0 Å². The van der Waals surface area contributed by atoms with Crippen LogP contribution in [0.1, 0.15) is 18.4 Å². The zero-order valence-electron chi connectivity index (χ0n) is 8.92. The molecule has 1 aromatic carbocycles. The third-order valence-corrected chi connectivity index (χ3v) is 3.23. The standard InChI is InChI=1S/C11H13ClN2O2/c1-16-9-3-2-7(12)6-8(9)11(4-5-11)10(15)14-13/h2-3,6H,4-5,13H2,1H3,(H,14,15). The molecule has 0 spiro atoms. The number of hydrogen-bond donors (Lipinski definition) is 2. The van der Waals surface area contributed by atoms with Crippen LogP contribution in [-0.2, 0) is 10.2 Å². The maximum absolute atomic E-state index is 11.7. The number of halogens is 1. The van der Waals surface area contributed by atoms with Crippen molar-refractivity contribution < 1.29 is 9.53 Å². The molecular weight excluding hydrogens is 228 g/mol. The van der Waals surface area contributed by atoms with Crippen LogP contribution in [0.5, 0.6) is 5.75 Å². The molecule has 16 heavy (non-hydrogen) atoms. The molecule has 0 aliphatic heterocycles. The molecule has 1 aliphatic rings. The second-order valence-electron chi connectivity index (χ2n) is 3.90. The molecule has 2 rings (SSSR count). The molecule has 3 N–H and O–H groups in total. The van der Waals surface area contributed by atoms with Crippen molar-refractivity contribution in [3.63, 3.8) is 0 Å². The lowest BCUT2D eigenvalue weighted by molar-refractivity contribution is -0.123. The highest BCUT2D eigenvalue weighted by molar-refractivity contribution is 6.30. The number of ether oxygens (including phenoxy) is 1. The number of carbonyl (C=O) groups excluding carboxylic acids is 1. The molecule has 1 fully saturated rings. The van der Waals surface area contributed by atoms with E-state index < -0.39 is 5.41 Å². The minimum Gasteiger partial charge on any atom is -0.496 e. The number of nitrogens with one attached hydrogen (secondary N) is 1. The minimum atomic E-state index is -0.551. The highest BCUT2D eigenvalue weighted by Crippen LogP contribution is 2.51. The summed E-state index contributed by atoms with van der Waals surface area (Å²) in [6.45, 7) is 0. The molecule has 1 saturated carbocycles. The molecule has 0 radical (unpaired) electrons. The van der Waals surface area contributed by atoms with Crippen molar-refractivity contribution in [2.24, 2.45) is 5.84 Å². The number of rotatable bonds is 3.